The third-order valence-electron chi connectivity index (χ3n) is 5.66. The van der Waals surface area contributed by atoms with Crippen LogP contribution in [0.25, 0.3) is 16.8 Å². The Morgan fingerprint density at radius 2 is 1.66 bits per heavy atom. The van der Waals surface area contributed by atoms with Gasteiger partial charge in [-0.1, -0.05) is 43.3 Å². The van der Waals surface area contributed by atoms with Crippen LogP contribution in [0.1, 0.15) is 24.5 Å². The summed E-state index contributed by atoms with van der Waals surface area (Å²) in [6.45, 7) is 2.49. The van der Waals surface area contributed by atoms with Crippen LogP contribution in [0.15, 0.2) is 60.2 Å². The molecule has 1 aliphatic rings. The van der Waals surface area contributed by atoms with Gasteiger partial charge in [0, 0.05) is 5.56 Å². The second kappa shape index (κ2) is 10.3. The summed E-state index contributed by atoms with van der Waals surface area (Å²) in [6.07, 6.45) is 2.32. The minimum absolute atomic E-state index is 0.0492. The molecule has 8 heteroatoms. The molecule has 3 aromatic carbocycles. The van der Waals surface area contributed by atoms with Gasteiger partial charge in [0.1, 0.15) is 11.3 Å². The van der Waals surface area contributed by atoms with Crippen molar-refractivity contribution in [2.45, 2.75) is 19.9 Å². The molecule has 1 fully saturated rings. The van der Waals surface area contributed by atoms with Crippen molar-refractivity contribution in [3.63, 3.8) is 0 Å². The number of amides is 4. The van der Waals surface area contributed by atoms with Crippen molar-refractivity contribution in [1.82, 2.24) is 10.2 Å². The number of methoxy groups -OCH3 is 2. The molecule has 8 nitrogen and oxygen atoms in total. The maximum absolute atomic E-state index is 13.3. The summed E-state index contributed by atoms with van der Waals surface area (Å²) in [4.78, 5) is 39.6. The van der Waals surface area contributed by atoms with Gasteiger partial charge in [0.2, 0.25) is 0 Å². The fourth-order valence-corrected chi connectivity index (χ4v) is 3.91. The molecular formula is C27H26N2O6. The number of urea groups is 1. The van der Waals surface area contributed by atoms with Crippen molar-refractivity contribution in [3.05, 3.63) is 71.3 Å². The van der Waals surface area contributed by atoms with E-state index in [-0.39, 0.29) is 12.1 Å². The van der Waals surface area contributed by atoms with Crippen molar-refractivity contribution in [2.75, 3.05) is 20.8 Å². The molecule has 0 unspecified atom stereocenters. The third-order valence-corrected chi connectivity index (χ3v) is 5.66. The Kier molecular flexibility index (Phi) is 7.01. The van der Waals surface area contributed by atoms with Gasteiger partial charge >= 0.3 is 6.03 Å². The fraction of sp³-hybridized carbons (Fsp3) is 0.222. The number of ether oxygens (including phenoxy) is 3. The van der Waals surface area contributed by atoms with E-state index in [2.05, 4.69) is 5.32 Å². The summed E-state index contributed by atoms with van der Waals surface area (Å²) in [5.41, 5.74) is 1.07. The molecule has 0 aliphatic carbocycles. The molecule has 0 saturated carbocycles. The predicted molar refractivity (Wildman–Crippen MR) is 131 cm³/mol. The SMILES string of the molecule is CCCOc1ccc(CN2C(=O)NC(=O)/C(=C\c3c(OC)ccc4ccccc34)C2=O)cc1OC. The van der Waals surface area contributed by atoms with E-state index in [1.54, 1.807) is 24.3 Å². The zero-order chi connectivity index (χ0) is 24.9. The van der Waals surface area contributed by atoms with Crippen LogP contribution in [0.2, 0.25) is 0 Å². The number of barbiturate groups is 1. The van der Waals surface area contributed by atoms with Crippen LogP contribution in [0.3, 0.4) is 0 Å². The van der Waals surface area contributed by atoms with E-state index >= 15 is 0 Å². The lowest BCUT2D eigenvalue weighted by Crippen LogP contribution is -2.53. The number of hydrogen-bond donors (Lipinski definition) is 1. The lowest BCUT2D eigenvalue weighted by Gasteiger charge is -2.27. The third kappa shape index (κ3) is 4.82. The number of fused-ring (bicyclic) bond motifs is 1. The molecule has 0 spiro atoms. The minimum Gasteiger partial charge on any atom is -0.496 e. The van der Waals surface area contributed by atoms with E-state index in [0.29, 0.717) is 35.0 Å². The lowest BCUT2D eigenvalue weighted by molar-refractivity contribution is -0.130. The smallest absolute Gasteiger partial charge is 0.331 e. The molecule has 180 valence electrons. The molecule has 0 atom stereocenters. The average molecular weight is 475 g/mol. The van der Waals surface area contributed by atoms with Crippen LogP contribution in [-0.4, -0.2) is 43.6 Å². The van der Waals surface area contributed by atoms with Crippen LogP contribution >= 0.6 is 0 Å². The summed E-state index contributed by atoms with van der Waals surface area (Å²) in [5, 5.41) is 4.01. The van der Waals surface area contributed by atoms with Crippen LogP contribution in [0.4, 0.5) is 4.79 Å². The zero-order valence-electron chi connectivity index (χ0n) is 19.8. The molecule has 1 aliphatic heterocycles. The molecule has 0 bridgehead atoms. The van der Waals surface area contributed by atoms with E-state index in [1.807, 2.05) is 37.3 Å². The normalized spacial score (nSPS) is 14.9. The van der Waals surface area contributed by atoms with E-state index < -0.39 is 17.8 Å². The highest BCUT2D eigenvalue weighted by Gasteiger charge is 2.36. The van der Waals surface area contributed by atoms with Gasteiger partial charge in [-0.05, 0) is 47.0 Å². The number of carbonyl (C=O) groups excluding carboxylic acids is 3. The molecule has 1 N–H and O–H groups in total. The Hall–Kier alpha value is -4.33. The highest BCUT2D eigenvalue weighted by atomic mass is 16.5. The van der Waals surface area contributed by atoms with Crippen LogP contribution in [0, 0.1) is 0 Å². The van der Waals surface area contributed by atoms with Crippen molar-refractivity contribution in [3.8, 4) is 17.2 Å². The average Bonchev–Trinajstić information content (AvgIpc) is 2.87. The van der Waals surface area contributed by atoms with Gasteiger partial charge in [0.25, 0.3) is 11.8 Å². The van der Waals surface area contributed by atoms with Gasteiger partial charge < -0.3 is 14.2 Å². The van der Waals surface area contributed by atoms with Gasteiger partial charge in [-0.2, -0.15) is 0 Å². The van der Waals surface area contributed by atoms with E-state index in [1.165, 1.54) is 20.3 Å². The predicted octanol–water partition coefficient (Wildman–Crippen LogP) is 4.31. The topological polar surface area (TPSA) is 94.2 Å². The summed E-state index contributed by atoms with van der Waals surface area (Å²) in [6, 6.07) is 15.7. The fourth-order valence-electron chi connectivity index (χ4n) is 3.91. The summed E-state index contributed by atoms with van der Waals surface area (Å²) in [7, 11) is 3.04. The first kappa shape index (κ1) is 23.8. The number of nitrogens with one attached hydrogen (secondary N) is 1. The first-order chi connectivity index (χ1) is 17.0. The van der Waals surface area contributed by atoms with Crippen LogP contribution < -0.4 is 19.5 Å². The standard InChI is InChI=1S/C27H26N2O6/c1-4-13-35-23-11-9-17(14-24(23)34-3)16-29-26(31)21(25(30)28-27(29)32)15-20-19-8-6-5-7-18(19)10-12-22(20)33-2/h5-12,14-15H,4,13,16H2,1-3H3,(H,28,30,32)/b21-15+. The molecule has 1 heterocycles. The minimum atomic E-state index is -0.785. The molecule has 4 amide bonds. The van der Waals surface area contributed by atoms with Crippen molar-refractivity contribution >= 4 is 34.7 Å². The number of nitrogens with zero attached hydrogens (tertiary/aromatic N) is 1. The molecule has 0 radical (unpaired) electrons. The largest absolute Gasteiger partial charge is 0.496 e. The van der Waals surface area contributed by atoms with Crippen LogP contribution in [-0.2, 0) is 16.1 Å². The maximum Gasteiger partial charge on any atom is 0.331 e. The first-order valence-corrected chi connectivity index (χ1v) is 11.2. The van der Waals surface area contributed by atoms with Crippen molar-refractivity contribution < 1.29 is 28.6 Å². The highest BCUT2D eigenvalue weighted by Crippen LogP contribution is 2.32. The number of carbonyl (C=O) groups is 3. The van der Waals surface area contributed by atoms with Gasteiger partial charge in [0.05, 0.1) is 27.4 Å². The second-order valence-corrected chi connectivity index (χ2v) is 7.94. The molecule has 3 aromatic rings. The van der Waals surface area contributed by atoms with Gasteiger partial charge in [0.15, 0.2) is 11.5 Å². The van der Waals surface area contributed by atoms with Crippen LogP contribution in [0.5, 0.6) is 17.2 Å². The Balaban J connectivity index is 1.69. The Labute approximate surface area is 203 Å². The molecule has 4 rings (SSSR count). The zero-order valence-corrected chi connectivity index (χ0v) is 19.8. The Morgan fingerprint density at radius 3 is 2.40 bits per heavy atom. The summed E-state index contributed by atoms with van der Waals surface area (Å²) in [5.74, 6) is 0.123. The monoisotopic (exact) mass is 474 g/mol. The van der Waals surface area contributed by atoms with Crippen molar-refractivity contribution in [2.24, 2.45) is 0 Å². The van der Waals surface area contributed by atoms with E-state index in [9.17, 15) is 14.4 Å². The highest BCUT2D eigenvalue weighted by molar-refractivity contribution is 6.31. The molecular weight excluding hydrogens is 448 g/mol. The maximum atomic E-state index is 13.3. The molecule has 35 heavy (non-hydrogen) atoms. The van der Waals surface area contributed by atoms with Gasteiger partial charge in [-0.15, -0.1) is 0 Å². The van der Waals surface area contributed by atoms with Gasteiger partial charge in [-0.25, -0.2) is 4.79 Å². The number of hydrogen-bond acceptors (Lipinski definition) is 6. The first-order valence-electron chi connectivity index (χ1n) is 11.2. The van der Waals surface area contributed by atoms with Gasteiger partial charge in [-0.3, -0.25) is 19.8 Å². The lowest BCUT2D eigenvalue weighted by atomic mass is 9.99. The molecule has 0 aromatic heterocycles. The van der Waals surface area contributed by atoms with E-state index in [4.69, 9.17) is 14.2 Å². The Morgan fingerprint density at radius 1 is 0.914 bits per heavy atom. The second-order valence-electron chi connectivity index (χ2n) is 7.94. The number of rotatable bonds is 8. The summed E-state index contributed by atoms with van der Waals surface area (Å²) >= 11 is 0. The Bertz CT molecular complexity index is 1330. The number of benzene rings is 3. The summed E-state index contributed by atoms with van der Waals surface area (Å²) < 4.78 is 16.5. The van der Waals surface area contributed by atoms with E-state index in [0.717, 1.165) is 22.1 Å². The quantitative estimate of drug-likeness (QED) is 0.386. The number of imide groups is 2. The van der Waals surface area contributed by atoms with Crippen molar-refractivity contribution in [1.29, 1.82) is 0 Å². The molecule has 1 saturated heterocycles.